The average Bonchev–Trinajstić information content (AvgIpc) is 2.59. The molecule has 0 spiro atoms. The summed E-state index contributed by atoms with van der Waals surface area (Å²) in [4.78, 5) is 24.2. The number of hydrogen-bond donors (Lipinski definition) is 0. The molecule has 3 rings (SSSR count). The van der Waals surface area contributed by atoms with Crippen molar-refractivity contribution in [3.05, 3.63) is 61.9 Å². The Hall–Kier alpha value is -2.33. The Labute approximate surface area is 163 Å². The first-order valence-corrected chi connectivity index (χ1v) is 10.6. The number of nitro benzene ring substituents is 1. The maximum atomic E-state index is 14.5. The number of non-ortho nitro benzene ring substituents is 1. The van der Waals surface area contributed by atoms with E-state index in [4.69, 9.17) is 0 Å². The van der Waals surface area contributed by atoms with Crippen LogP contribution in [0.1, 0.15) is 22.3 Å². The molecule has 0 atom stereocenters. The summed E-state index contributed by atoms with van der Waals surface area (Å²) in [5.41, 5.74) is 0.0479. The van der Waals surface area contributed by atoms with Crippen molar-refractivity contribution in [1.82, 2.24) is 0 Å². The third kappa shape index (κ3) is 3.86. The average molecular weight is 457 g/mol. The fourth-order valence-corrected chi connectivity index (χ4v) is 4.19. The highest BCUT2D eigenvalue weighted by Crippen LogP contribution is 2.34. The van der Waals surface area contributed by atoms with Gasteiger partial charge in [0.05, 0.1) is 15.5 Å². The fourth-order valence-electron chi connectivity index (χ4n) is 3.04. The zero-order valence-corrected chi connectivity index (χ0v) is 16.5. The molecule has 10 heteroatoms. The lowest BCUT2D eigenvalue weighted by Gasteiger charge is -2.30. The van der Waals surface area contributed by atoms with Crippen LogP contribution >= 0.6 is 15.9 Å². The molecule has 0 bridgehead atoms. The van der Waals surface area contributed by atoms with Gasteiger partial charge in [-0.2, -0.15) is 0 Å². The van der Waals surface area contributed by atoms with Crippen molar-refractivity contribution in [2.24, 2.45) is 0 Å². The summed E-state index contributed by atoms with van der Waals surface area (Å²) in [6, 6.07) is 5.93. The molecule has 0 aromatic heterocycles. The topological polar surface area (TPSA) is 97.6 Å². The van der Waals surface area contributed by atoms with E-state index in [1.807, 2.05) is 0 Å². The normalized spacial score (nSPS) is 14.0. The van der Waals surface area contributed by atoms with E-state index in [-0.39, 0.29) is 22.7 Å². The molecule has 7 nitrogen and oxygen atoms in total. The third-order valence-corrected chi connectivity index (χ3v) is 5.78. The van der Waals surface area contributed by atoms with Gasteiger partial charge in [0, 0.05) is 35.0 Å². The fraction of sp³-hybridized carbons (Fsp3) is 0.235. The molecule has 27 heavy (non-hydrogen) atoms. The summed E-state index contributed by atoms with van der Waals surface area (Å²) in [5.74, 6) is -1.29. The van der Waals surface area contributed by atoms with Gasteiger partial charge in [-0.15, -0.1) is 0 Å². The van der Waals surface area contributed by atoms with Crippen LogP contribution in [0, 0.1) is 15.9 Å². The van der Waals surface area contributed by atoms with Crippen molar-refractivity contribution in [3.63, 3.8) is 0 Å². The van der Waals surface area contributed by atoms with Crippen LogP contribution in [0.5, 0.6) is 0 Å². The monoisotopic (exact) mass is 456 g/mol. The van der Waals surface area contributed by atoms with Gasteiger partial charge in [0.25, 0.3) is 11.6 Å². The second kappa shape index (κ2) is 7.01. The van der Waals surface area contributed by atoms with E-state index in [2.05, 4.69) is 15.9 Å². The molecule has 2 aromatic carbocycles. The number of halogens is 2. The van der Waals surface area contributed by atoms with Gasteiger partial charge in [-0.3, -0.25) is 14.9 Å². The molecule has 0 saturated heterocycles. The Bertz CT molecular complexity index is 1070. The van der Waals surface area contributed by atoms with Gasteiger partial charge in [0.2, 0.25) is 0 Å². The molecular formula is C17H14BrFN2O5S. The predicted octanol–water partition coefficient (Wildman–Crippen LogP) is 3.49. The molecule has 0 radical (unpaired) electrons. The van der Waals surface area contributed by atoms with E-state index in [1.165, 1.54) is 11.0 Å². The van der Waals surface area contributed by atoms with E-state index in [0.717, 1.165) is 24.5 Å². The minimum absolute atomic E-state index is 0.113. The first-order valence-electron chi connectivity index (χ1n) is 7.87. The molecule has 2 aromatic rings. The van der Waals surface area contributed by atoms with Crippen molar-refractivity contribution >= 4 is 43.0 Å². The summed E-state index contributed by atoms with van der Waals surface area (Å²) in [6.45, 7) is 0.223. The zero-order valence-electron chi connectivity index (χ0n) is 14.1. The summed E-state index contributed by atoms with van der Waals surface area (Å²) >= 11 is 3.21. The highest BCUT2D eigenvalue weighted by Gasteiger charge is 2.29. The van der Waals surface area contributed by atoms with Crippen molar-refractivity contribution in [2.75, 3.05) is 17.7 Å². The molecule has 0 saturated carbocycles. The van der Waals surface area contributed by atoms with Crippen LogP contribution in [0.25, 0.3) is 0 Å². The number of carbonyl (C=O) groups is 1. The van der Waals surface area contributed by atoms with Gasteiger partial charge in [-0.1, -0.05) is 15.9 Å². The second-order valence-electron chi connectivity index (χ2n) is 6.20. The molecule has 0 aliphatic carbocycles. The minimum Gasteiger partial charge on any atom is -0.305 e. The second-order valence-corrected chi connectivity index (χ2v) is 9.13. The number of fused-ring (bicyclic) bond motifs is 1. The van der Waals surface area contributed by atoms with E-state index < -0.39 is 32.2 Å². The number of rotatable bonds is 3. The Morgan fingerprint density at radius 1 is 1.26 bits per heavy atom. The highest BCUT2D eigenvalue weighted by atomic mass is 79.9. The molecule has 1 amide bonds. The predicted molar refractivity (Wildman–Crippen MR) is 100 cm³/mol. The molecule has 1 heterocycles. The lowest BCUT2D eigenvalue weighted by Crippen LogP contribution is -2.36. The third-order valence-electron chi connectivity index (χ3n) is 4.23. The Kier molecular flexibility index (Phi) is 5.04. The Morgan fingerprint density at radius 3 is 2.59 bits per heavy atom. The van der Waals surface area contributed by atoms with E-state index in [9.17, 15) is 27.7 Å². The van der Waals surface area contributed by atoms with Gasteiger partial charge >= 0.3 is 0 Å². The zero-order chi connectivity index (χ0) is 19.9. The molecule has 1 aliphatic heterocycles. The first kappa shape index (κ1) is 19.4. The number of amides is 1. The van der Waals surface area contributed by atoms with Gasteiger partial charge in [-0.25, -0.2) is 12.8 Å². The molecule has 0 N–H and O–H groups in total. The number of carbonyl (C=O) groups excluding carboxylic acids is 1. The number of sulfone groups is 1. The number of benzene rings is 2. The van der Waals surface area contributed by atoms with Crippen molar-refractivity contribution < 1.29 is 22.5 Å². The standard InChI is InChI=1S/C17H14BrFN2O5S/c1-27(25,26)14-7-11(6-13(9-14)21(23)24)17(22)20-4-2-3-10-5-12(18)8-15(19)16(10)20/h5-9H,2-4H2,1H3. The van der Waals surface area contributed by atoms with Crippen LogP contribution in [0.3, 0.4) is 0 Å². The molecule has 1 aliphatic rings. The van der Waals surface area contributed by atoms with Gasteiger partial charge in [0.1, 0.15) is 5.82 Å². The van der Waals surface area contributed by atoms with E-state index in [0.29, 0.717) is 22.9 Å². The molecule has 142 valence electrons. The van der Waals surface area contributed by atoms with Crippen LogP contribution < -0.4 is 4.90 Å². The lowest BCUT2D eigenvalue weighted by molar-refractivity contribution is -0.385. The van der Waals surface area contributed by atoms with Gasteiger partial charge < -0.3 is 4.90 Å². The summed E-state index contributed by atoms with van der Waals surface area (Å²) < 4.78 is 38.7. The summed E-state index contributed by atoms with van der Waals surface area (Å²) in [7, 11) is -3.78. The van der Waals surface area contributed by atoms with Crippen LogP contribution in [-0.4, -0.2) is 32.0 Å². The highest BCUT2D eigenvalue weighted by molar-refractivity contribution is 9.10. The Balaban J connectivity index is 2.13. The molecular weight excluding hydrogens is 443 g/mol. The first-order chi connectivity index (χ1) is 12.6. The number of nitrogens with zero attached hydrogens (tertiary/aromatic N) is 2. The molecule has 0 unspecified atom stereocenters. The number of hydrogen-bond acceptors (Lipinski definition) is 5. The number of nitro groups is 1. The van der Waals surface area contributed by atoms with E-state index >= 15 is 0 Å². The maximum Gasteiger partial charge on any atom is 0.271 e. The Morgan fingerprint density at radius 2 is 1.96 bits per heavy atom. The van der Waals surface area contributed by atoms with Crippen LogP contribution in [0.15, 0.2) is 39.7 Å². The smallest absolute Gasteiger partial charge is 0.271 e. The van der Waals surface area contributed by atoms with Crippen molar-refractivity contribution in [1.29, 1.82) is 0 Å². The van der Waals surface area contributed by atoms with Crippen molar-refractivity contribution in [2.45, 2.75) is 17.7 Å². The summed E-state index contributed by atoms with van der Waals surface area (Å²) in [5, 5.41) is 11.1. The van der Waals surface area contributed by atoms with Crippen LogP contribution in [0.4, 0.5) is 15.8 Å². The minimum atomic E-state index is -3.78. The lowest BCUT2D eigenvalue weighted by atomic mass is 10.00. The number of anilines is 1. The van der Waals surface area contributed by atoms with Gasteiger partial charge in [-0.05, 0) is 36.6 Å². The maximum absolute atomic E-state index is 14.5. The SMILES string of the molecule is CS(=O)(=O)c1cc(C(=O)N2CCCc3cc(Br)cc(F)c32)cc([N+](=O)[O-])c1. The molecule has 0 fully saturated rings. The summed E-state index contributed by atoms with van der Waals surface area (Å²) in [6.07, 6.45) is 2.06. The quantitative estimate of drug-likeness (QED) is 0.519. The van der Waals surface area contributed by atoms with Crippen LogP contribution in [-0.2, 0) is 16.3 Å². The van der Waals surface area contributed by atoms with E-state index in [1.54, 1.807) is 6.07 Å². The van der Waals surface area contributed by atoms with Crippen molar-refractivity contribution in [3.8, 4) is 0 Å². The van der Waals surface area contributed by atoms with Crippen LogP contribution in [0.2, 0.25) is 0 Å². The number of aryl methyl sites for hydroxylation is 1. The largest absolute Gasteiger partial charge is 0.305 e. The van der Waals surface area contributed by atoms with Gasteiger partial charge in [0.15, 0.2) is 9.84 Å².